The van der Waals surface area contributed by atoms with E-state index >= 15 is 0 Å². The molecule has 0 bridgehead atoms. The molecule has 0 heterocycles. The number of rotatable bonds is 4. The number of halogens is 1. The Morgan fingerprint density at radius 1 is 1.15 bits per heavy atom. The van der Waals surface area contributed by atoms with Crippen molar-refractivity contribution in [3.05, 3.63) is 23.7 Å². The molecular weight excluding hydrogens is 227 g/mol. The van der Waals surface area contributed by atoms with Crippen LogP contribution in [0.15, 0.2) is 23.7 Å². The summed E-state index contributed by atoms with van der Waals surface area (Å²) in [5.74, 6) is -0.792. The van der Waals surface area contributed by atoms with E-state index in [4.69, 9.17) is 32.1 Å². The summed E-state index contributed by atoms with van der Waals surface area (Å²) >= 11 is 11.0. The molecule has 2 nitrogen and oxygen atoms in total. The first-order valence-corrected chi connectivity index (χ1v) is 7.77. The molecule has 0 spiro atoms. The summed E-state index contributed by atoms with van der Waals surface area (Å²) in [6, 6.07) is 0. The Labute approximate surface area is 87.5 Å². The number of allylic oxidation sites excluding steroid dienone is 4. The third-order valence-corrected chi connectivity index (χ3v) is 3.74. The van der Waals surface area contributed by atoms with E-state index in [-0.39, 0.29) is 0 Å². The molecule has 0 aliphatic heterocycles. The predicted molar refractivity (Wildman–Crippen MR) is 56.9 cm³/mol. The van der Waals surface area contributed by atoms with E-state index in [0.29, 0.717) is 0 Å². The highest BCUT2D eigenvalue weighted by Gasteiger charge is 2.24. The normalized spacial score (nSPS) is 20.7. The zero-order chi connectivity index (χ0) is 9.31. The van der Waals surface area contributed by atoms with Gasteiger partial charge in [0.1, 0.15) is 11.5 Å². The van der Waals surface area contributed by atoms with Crippen LogP contribution in [0, 0.1) is 0 Å². The zero-order valence-electron chi connectivity index (χ0n) is 7.03. The minimum Gasteiger partial charge on any atom is -0.430 e. The van der Waals surface area contributed by atoms with Crippen molar-refractivity contribution in [1.82, 2.24) is 0 Å². The highest BCUT2D eigenvalue weighted by atomic mass is 35.7. The second-order valence-electron chi connectivity index (χ2n) is 3.03. The zero-order valence-corrected chi connectivity index (χ0v) is 9.50. The van der Waals surface area contributed by atoms with Crippen molar-refractivity contribution in [2.45, 2.75) is 25.7 Å². The molecule has 0 N–H and O–H groups in total. The number of hydrogen-bond donors (Lipinski definition) is 0. The average Bonchev–Trinajstić information content (AvgIpc) is 1.90. The largest absolute Gasteiger partial charge is 0.430 e. The van der Waals surface area contributed by atoms with Gasteiger partial charge < -0.3 is 9.05 Å². The van der Waals surface area contributed by atoms with Crippen LogP contribution < -0.4 is 0 Å². The van der Waals surface area contributed by atoms with Gasteiger partial charge in [0.05, 0.1) is 0 Å². The van der Waals surface area contributed by atoms with Gasteiger partial charge in [-0.05, 0) is 36.2 Å². The standard InChI is InChI=1S/C8H10ClO2PS/c9-12(13,10-7-3-1-4-7)11-8-5-2-6-8/h3,5H,1-2,4,6H2. The maximum Gasteiger partial charge on any atom is 0.384 e. The summed E-state index contributed by atoms with van der Waals surface area (Å²) in [4.78, 5) is 0. The van der Waals surface area contributed by atoms with Crippen LogP contribution in [0.25, 0.3) is 0 Å². The molecule has 0 fully saturated rings. The van der Waals surface area contributed by atoms with Crippen LogP contribution in [0.5, 0.6) is 0 Å². The second kappa shape index (κ2) is 3.64. The third kappa shape index (κ3) is 2.49. The van der Waals surface area contributed by atoms with Crippen molar-refractivity contribution in [1.29, 1.82) is 0 Å². The van der Waals surface area contributed by atoms with E-state index < -0.39 is 5.84 Å². The van der Waals surface area contributed by atoms with Crippen molar-refractivity contribution in [2.75, 3.05) is 0 Å². The molecule has 72 valence electrons. The molecule has 0 aromatic heterocycles. The first-order valence-electron chi connectivity index (χ1n) is 4.23. The van der Waals surface area contributed by atoms with Gasteiger partial charge in [-0.25, -0.2) is 0 Å². The van der Waals surface area contributed by atoms with Crippen LogP contribution in [0.3, 0.4) is 0 Å². The molecule has 0 saturated carbocycles. The molecule has 5 heteroatoms. The summed E-state index contributed by atoms with van der Waals surface area (Å²) < 4.78 is 10.7. The highest BCUT2D eigenvalue weighted by Crippen LogP contribution is 2.59. The van der Waals surface area contributed by atoms with Gasteiger partial charge in [-0.3, -0.25) is 0 Å². The maximum absolute atomic E-state index is 5.95. The quantitative estimate of drug-likeness (QED) is 0.691. The molecule has 2 aliphatic carbocycles. The Kier molecular flexibility index (Phi) is 2.68. The maximum atomic E-state index is 5.95. The lowest BCUT2D eigenvalue weighted by Crippen LogP contribution is -2.01. The van der Waals surface area contributed by atoms with Crippen molar-refractivity contribution < 1.29 is 9.05 Å². The van der Waals surface area contributed by atoms with Crippen molar-refractivity contribution in [3.63, 3.8) is 0 Å². The predicted octanol–water partition coefficient (Wildman–Crippen LogP) is 3.84. The van der Waals surface area contributed by atoms with E-state index in [1.54, 1.807) is 0 Å². The van der Waals surface area contributed by atoms with E-state index in [0.717, 1.165) is 37.2 Å². The fourth-order valence-corrected chi connectivity index (χ4v) is 3.02. The van der Waals surface area contributed by atoms with Crippen molar-refractivity contribution in [2.24, 2.45) is 0 Å². The Bertz CT molecular complexity index is 296. The monoisotopic (exact) mass is 236 g/mol. The minimum absolute atomic E-state index is 0.887. The lowest BCUT2D eigenvalue weighted by atomic mass is 10.1. The van der Waals surface area contributed by atoms with Gasteiger partial charge in [0, 0.05) is 24.6 Å². The van der Waals surface area contributed by atoms with Crippen LogP contribution in [0.4, 0.5) is 0 Å². The lowest BCUT2D eigenvalue weighted by molar-refractivity contribution is 0.325. The van der Waals surface area contributed by atoms with E-state index in [9.17, 15) is 0 Å². The molecular formula is C8H10ClO2PS. The molecule has 0 radical (unpaired) electrons. The van der Waals surface area contributed by atoms with Gasteiger partial charge in [0.15, 0.2) is 0 Å². The van der Waals surface area contributed by atoms with Crippen LogP contribution in [-0.2, 0) is 20.9 Å². The average molecular weight is 237 g/mol. The Morgan fingerprint density at radius 2 is 1.54 bits per heavy atom. The Morgan fingerprint density at radius 3 is 1.77 bits per heavy atom. The van der Waals surface area contributed by atoms with Crippen LogP contribution >= 0.6 is 17.1 Å². The Balaban J connectivity index is 1.90. The first kappa shape index (κ1) is 9.57. The molecule has 2 rings (SSSR count). The Hall–Kier alpha value is 0.0200. The van der Waals surface area contributed by atoms with Crippen LogP contribution in [0.2, 0.25) is 0 Å². The summed E-state index contributed by atoms with van der Waals surface area (Å²) in [6.45, 7) is 0. The molecule has 13 heavy (non-hydrogen) atoms. The third-order valence-electron chi connectivity index (χ3n) is 1.98. The van der Waals surface area contributed by atoms with Gasteiger partial charge in [0.25, 0.3) is 0 Å². The fourth-order valence-electron chi connectivity index (χ4n) is 0.989. The van der Waals surface area contributed by atoms with Gasteiger partial charge in [-0.2, -0.15) is 0 Å². The smallest absolute Gasteiger partial charge is 0.384 e. The molecule has 0 atom stereocenters. The molecule has 2 aliphatic rings. The summed E-state index contributed by atoms with van der Waals surface area (Å²) in [6.07, 6.45) is 7.97. The molecule has 0 amide bonds. The van der Waals surface area contributed by atoms with Gasteiger partial charge >= 0.3 is 5.84 Å². The van der Waals surface area contributed by atoms with Crippen LogP contribution in [-0.4, -0.2) is 0 Å². The second-order valence-corrected chi connectivity index (χ2v) is 7.64. The SMILES string of the molecule is S=P(Cl)(OC1=CCC1)OC1=CCC1. The van der Waals surface area contributed by atoms with Crippen molar-refractivity contribution >= 4 is 28.9 Å². The van der Waals surface area contributed by atoms with Crippen LogP contribution in [0.1, 0.15) is 25.7 Å². The molecule has 0 aromatic carbocycles. The van der Waals surface area contributed by atoms with Gasteiger partial charge in [0.2, 0.25) is 0 Å². The topological polar surface area (TPSA) is 18.5 Å². The first-order chi connectivity index (χ1) is 6.16. The summed E-state index contributed by atoms with van der Waals surface area (Å²) in [7, 11) is 0. The number of hydrogen-bond acceptors (Lipinski definition) is 3. The fraction of sp³-hybridized carbons (Fsp3) is 0.500. The van der Waals surface area contributed by atoms with Gasteiger partial charge in [-0.1, -0.05) is 0 Å². The summed E-state index contributed by atoms with van der Waals surface area (Å²) in [5.41, 5.74) is 0. The molecule has 0 saturated heterocycles. The minimum atomic E-state index is -2.57. The highest BCUT2D eigenvalue weighted by molar-refractivity contribution is 8.22. The van der Waals surface area contributed by atoms with Crippen molar-refractivity contribution in [3.8, 4) is 0 Å². The lowest BCUT2D eigenvalue weighted by Gasteiger charge is -2.25. The molecule has 0 aromatic rings. The molecule has 0 unspecified atom stereocenters. The van der Waals surface area contributed by atoms with E-state index in [1.165, 1.54) is 0 Å². The summed E-state index contributed by atoms with van der Waals surface area (Å²) in [5, 5.41) is 0. The van der Waals surface area contributed by atoms with Gasteiger partial charge in [-0.15, -0.1) is 0 Å². The van der Waals surface area contributed by atoms with E-state index in [1.807, 2.05) is 12.2 Å². The van der Waals surface area contributed by atoms with E-state index in [2.05, 4.69) is 0 Å².